The van der Waals surface area contributed by atoms with Gasteiger partial charge in [0.2, 0.25) is 0 Å². The minimum atomic E-state index is -0.131. The molecule has 0 saturated carbocycles. The highest BCUT2D eigenvalue weighted by atomic mass is 15.4. The summed E-state index contributed by atoms with van der Waals surface area (Å²) in [7, 11) is 0. The standard InChI is InChI=1S/C45H38N4/c1-4-14-32(15-5-1)30-46-45(37-21-12-20-35(28-37)33-16-6-2-7-17-33)49-48-31-47-43-29-36(26-27-38(43)34-18-8-3-9-19-34)39-24-13-25-42-40-22-10-11-23-41(40)44(39)42/h1-29,45-49H,30-31H2. The molecule has 0 amide bonds. The molecule has 4 N–H and O–H groups in total. The van der Waals surface area contributed by atoms with Crippen molar-refractivity contribution in [3.05, 3.63) is 187 Å². The molecule has 0 saturated heterocycles. The molecule has 4 heteroatoms. The average Bonchev–Trinajstić information content (AvgIpc) is 3.17. The molecule has 0 radical (unpaired) electrons. The van der Waals surface area contributed by atoms with Gasteiger partial charge < -0.3 is 5.32 Å². The van der Waals surface area contributed by atoms with Crippen molar-refractivity contribution in [2.45, 2.75) is 12.7 Å². The van der Waals surface area contributed by atoms with Crippen molar-refractivity contribution in [1.82, 2.24) is 16.2 Å². The van der Waals surface area contributed by atoms with E-state index in [4.69, 9.17) is 0 Å². The summed E-state index contributed by atoms with van der Waals surface area (Å²) in [4.78, 5) is 0. The summed E-state index contributed by atoms with van der Waals surface area (Å²) in [5.74, 6) is 0. The van der Waals surface area contributed by atoms with Crippen LogP contribution in [0.2, 0.25) is 0 Å². The quantitative estimate of drug-likeness (QED) is 0.0614. The van der Waals surface area contributed by atoms with E-state index in [0.29, 0.717) is 6.67 Å². The maximum absolute atomic E-state index is 3.72. The third-order valence-corrected chi connectivity index (χ3v) is 9.26. The Kier molecular flexibility index (Phi) is 8.82. The fourth-order valence-electron chi connectivity index (χ4n) is 6.80. The Balaban J connectivity index is 1.04. The lowest BCUT2D eigenvalue weighted by molar-refractivity contribution is 0.384. The first kappa shape index (κ1) is 30.5. The lowest BCUT2D eigenvalue weighted by Crippen LogP contribution is -2.44. The van der Waals surface area contributed by atoms with Crippen LogP contribution < -0.4 is 21.5 Å². The van der Waals surface area contributed by atoms with Gasteiger partial charge in [0.25, 0.3) is 0 Å². The largest absolute Gasteiger partial charge is 0.371 e. The second kappa shape index (κ2) is 14.1. The summed E-state index contributed by atoms with van der Waals surface area (Å²) in [5.41, 5.74) is 23.0. The zero-order valence-corrected chi connectivity index (χ0v) is 27.2. The van der Waals surface area contributed by atoms with Crippen LogP contribution in [0.4, 0.5) is 5.69 Å². The molecule has 0 heterocycles. The van der Waals surface area contributed by atoms with E-state index in [-0.39, 0.29) is 6.17 Å². The number of hydrogen-bond acceptors (Lipinski definition) is 4. The second-order valence-electron chi connectivity index (χ2n) is 12.4. The Morgan fingerprint density at radius 2 is 1.06 bits per heavy atom. The van der Waals surface area contributed by atoms with Gasteiger partial charge in [-0.15, -0.1) is 0 Å². The lowest BCUT2D eigenvalue weighted by atomic mass is 9.76. The zero-order chi connectivity index (χ0) is 32.8. The van der Waals surface area contributed by atoms with Crippen LogP contribution in [0, 0.1) is 0 Å². The maximum Gasteiger partial charge on any atom is 0.0966 e. The number of fused-ring (bicyclic) bond motifs is 4. The fraction of sp³-hybridized carbons (Fsp3) is 0.0667. The minimum Gasteiger partial charge on any atom is -0.371 e. The van der Waals surface area contributed by atoms with Crippen molar-refractivity contribution < 1.29 is 0 Å². The Hall–Kier alpha value is -5.78. The van der Waals surface area contributed by atoms with Crippen molar-refractivity contribution in [3.63, 3.8) is 0 Å². The third-order valence-electron chi connectivity index (χ3n) is 9.26. The molecule has 7 aromatic rings. The van der Waals surface area contributed by atoms with E-state index in [1.54, 1.807) is 0 Å². The summed E-state index contributed by atoms with van der Waals surface area (Å²) in [6, 6.07) is 62.4. The Labute approximate surface area is 288 Å². The molecule has 0 fully saturated rings. The molecule has 0 bridgehead atoms. The summed E-state index contributed by atoms with van der Waals surface area (Å²) in [5, 5.41) is 7.43. The molecule has 1 atom stereocenters. The minimum absolute atomic E-state index is 0.131. The zero-order valence-electron chi connectivity index (χ0n) is 27.2. The molecule has 1 aliphatic rings. The summed E-state index contributed by atoms with van der Waals surface area (Å²) >= 11 is 0. The van der Waals surface area contributed by atoms with Gasteiger partial charge in [-0.3, -0.25) is 5.32 Å². The van der Waals surface area contributed by atoms with Gasteiger partial charge in [-0.05, 0) is 73.3 Å². The van der Waals surface area contributed by atoms with Gasteiger partial charge in [-0.1, -0.05) is 164 Å². The number of benzene rings is 7. The molecular weight excluding hydrogens is 597 g/mol. The third kappa shape index (κ3) is 6.54. The van der Waals surface area contributed by atoms with Crippen molar-refractivity contribution >= 4 is 5.69 Å². The van der Waals surface area contributed by atoms with Crippen LogP contribution in [0.15, 0.2) is 176 Å². The molecule has 8 rings (SSSR count). The summed E-state index contributed by atoms with van der Waals surface area (Å²) in [6.07, 6.45) is -0.131. The Morgan fingerprint density at radius 1 is 0.429 bits per heavy atom. The maximum atomic E-state index is 3.72. The van der Waals surface area contributed by atoms with Gasteiger partial charge in [0.05, 0.1) is 12.8 Å². The summed E-state index contributed by atoms with van der Waals surface area (Å²) < 4.78 is 0. The monoisotopic (exact) mass is 634 g/mol. The van der Waals surface area contributed by atoms with Crippen molar-refractivity contribution in [2.75, 3.05) is 12.0 Å². The van der Waals surface area contributed by atoms with Gasteiger partial charge in [0.1, 0.15) is 0 Å². The number of nitrogens with one attached hydrogen (secondary N) is 4. The molecule has 4 nitrogen and oxygen atoms in total. The van der Waals surface area contributed by atoms with Gasteiger partial charge in [0.15, 0.2) is 0 Å². The molecule has 49 heavy (non-hydrogen) atoms. The van der Waals surface area contributed by atoms with Crippen LogP contribution in [0.3, 0.4) is 0 Å². The molecule has 238 valence electrons. The highest BCUT2D eigenvalue weighted by molar-refractivity contribution is 6.09. The second-order valence-corrected chi connectivity index (χ2v) is 12.4. The van der Waals surface area contributed by atoms with Crippen LogP contribution >= 0.6 is 0 Å². The van der Waals surface area contributed by atoms with E-state index in [1.807, 2.05) is 0 Å². The summed E-state index contributed by atoms with van der Waals surface area (Å²) in [6.45, 7) is 1.24. The van der Waals surface area contributed by atoms with E-state index in [1.165, 1.54) is 55.6 Å². The smallest absolute Gasteiger partial charge is 0.0966 e. The molecular formula is C45H38N4. The molecule has 1 aliphatic carbocycles. The SMILES string of the molecule is c1ccc(CNC(NNCNc2cc(-c3cccc4c3-c3ccccc3-4)ccc2-c2ccccc2)c2cccc(-c3ccccc3)c2)cc1. The van der Waals surface area contributed by atoms with Crippen LogP contribution in [-0.4, -0.2) is 6.67 Å². The van der Waals surface area contributed by atoms with E-state index >= 15 is 0 Å². The Morgan fingerprint density at radius 3 is 1.86 bits per heavy atom. The average molecular weight is 635 g/mol. The van der Waals surface area contributed by atoms with Gasteiger partial charge >= 0.3 is 0 Å². The predicted molar refractivity (Wildman–Crippen MR) is 204 cm³/mol. The number of hydrogen-bond donors (Lipinski definition) is 4. The fourth-order valence-corrected chi connectivity index (χ4v) is 6.80. The predicted octanol–water partition coefficient (Wildman–Crippen LogP) is 10.3. The van der Waals surface area contributed by atoms with Crippen LogP contribution in [0.5, 0.6) is 0 Å². The van der Waals surface area contributed by atoms with E-state index in [2.05, 4.69) is 197 Å². The molecule has 7 aromatic carbocycles. The number of anilines is 1. The van der Waals surface area contributed by atoms with E-state index in [9.17, 15) is 0 Å². The van der Waals surface area contributed by atoms with Crippen LogP contribution in [-0.2, 0) is 6.54 Å². The lowest BCUT2D eigenvalue weighted by Gasteiger charge is -2.27. The van der Waals surface area contributed by atoms with Crippen molar-refractivity contribution in [2.24, 2.45) is 0 Å². The highest BCUT2D eigenvalue weighted by Gasteiger charge is 2.25. The van der Waals surface area contributed by atoms with Crippen molar-refractivity contribution in [1.29, 1.82) is 0 Å². The highest BCUT2D eigenvalue weighted by Crippen LogP contribution is 2.51. The first-order valence-corrected chi connectivity index (χ1v) is 16.9. The molecule has 0 aliphatic heterocycles. The molecule has 1 unspecified atom stereocenters. The van der Waals surface area contributed by atoms with Gasteiger partial charge in [0, 0.05) is 17.8 Å². The van der Waals surface area contributed by atoms with Gasteiger partial charge in [-0.2, -0.15) is 0 Å². The Bertz CT molecular complexity index is 2180. The van der Waals surface area contributed by atoms with Gasteiger partial charge in [-0.25, -0.2) is 10.9 Å². The van der Waals surface area contributed by atoms with E-state index in [0.717, 1.165) is 23.4 Å². The van der Waals surface area contributed by atoms with E-state index < -0.39 is 0 Å². The number of hydrazine groups is 1. The molecule has 0 spiro atoms. The topological polar surface area (TPSA) is 48.1 Å². The molecule has 0 aromatic heterocycles. The number of rotatable bonds is 12. The van der Waals surface area contributed by atoms with Crippen LogP contribution in [0.25, 0.3) is 55.6 Å². The first-order chi connectivity index (χ1) is 24.3. The first-order valence-electron chi connectivity index (χ1n) is 16.9. The van der Waals surface area contributed by atoms with Crippen molar-refractivity contribution in [3.8, 4) is 55.6 Å². The van der Waals surface area contributed by atoms with Crippen LogP contribution in [0.1, 0.15) is 17.3 Å². The normalized spacial score (nSPS) is 12.0.